The zero-order valence-corrected chi connectivity index (χ0v) is 10.5. The minimum atomic E-state index is 0.318. The smallest absolute Gasteiger partial charge is 0.216 e. The number of hydrogen-bond acceptors (Lipinski definition) is 4. The quantitative estimate of drug-likeness (QED) is 0.795. The fraction of sp³-hybridized carbons (Fsp3) is 0.154. The Morgan fingerprint density at radius 2 is 2.17 bits per heavy atom. The van der Waals surface area contributed by atoms with Crippen LogP contribution in [0.25, 0.3) is 11.3 Å². The Balaban J connectivity index is 2.53. The lowest BCUT2D eigenvalue weighted by Gasteiger charge is -2.08. The second-order valence-corrected chi connectivity index (χ2v) is 4.05. The van der Waals surface area contributed by atoms with Crippen molar-refractivity contribution in [3.8, 4) is 17.1 Å². The third-order valence-electron chi connectivity index (χ3n) is 2.50. The summed E-state index contributed by atoms with van der Waals surface area (Å²) in [5.41, 5.74) is 2.37. The Labute approximate surface area is 110 Å². The third-order valence-corrected chi connectivity index (χ3v) is 2.74. The molecule has 0 unspecified atom stereocenters. The largest absolute Gasteiger partial charge is 0.481 e. The molecule has 0 aliphatic carbocycles. The van der Waals surface area contributed by atoms with Crippen LogP contribution in [0.5, 0.6) is 5.88 Å². The Morgan fingerprint density at radius 3 is 2.89 bits per heavy atom. The van der Waals surface area contributed by atoms with Crippen molar-refractivity contribution in [2.75, 3.05) is 7.11 Å². The van der Waals surface area contributed by atoms with Crippen LogP contribution in [-0.4, -0.2) is 23.4 Å². The lowest BCUT2D eigenvalue weighted by molar-refractivity contribution is -0.107. The number of hydrogen-bond donors (Lipinski definition) is 0. The fourth-order valence-corrected chi connectivity index (χ4v) is 1.83. The van der Waals surface area contributed by atoms with Crippen molar-refractivity contribution in [1.29, 1.82) is 0 Å². The van der Waals surface area contributed by atoms with E-state index in [0.29, 0.717) is 23.0 Å². The van der Waals surface area contributed by atoms with Crippen molar-refractivity contribution in [1.82, 2.24) is 9.97 Å². The maximum Gasteiger partial charge on any atom is 0.216 e. The molecule has 1 heterocycles. The summed E-state index contributed by atoms with van der Waals surface area (Å²) >= 11 is 5.98. The van der Waals surface area contributed by atoms with Crippen molar-refractivity contribution in [2.24, 2.45) is 0 Å². The highest BCUT2D eigenvalue weighted by molar-refractivity contribution is 6.30. The highest BCUT2D eigenvalue weighted by atomic mass is 35.5. The molecule has 0 aliphatic heterocycles. The molecule has 0 fully saturated rings. The molecule has 0 saturated heterocycles. The van der Waals surface area contributed by atoms with Gasteiger partial charge in [-0.05, 0) is 17.7 Å². The molecule has 0 saturated carbocycles. The molecule has 2 rings (SSSR count). The monoisotopic (exact) mass is 262 g/mol. The summed E-state index contributed by atoms with van der Waals surface area (Å²) in [6.45, 7) is 0. The molecule has 0 N–H and O–H groups in total. The van der Waals surface area contributed by atoms with Gasteiger partial charge in [0, 0.05) is 23.1 Å². The Hall–Kier alpha value is -1.94. The van der Waals surface area contributed by atoms with E-state index in [1.807, 2.05) is 6.07 Å². The Bertz CT molecular complexity index is 573. The molecule has 1 aromatic heterocycles. The molecule has 2 aromatic rings. The summed E-state index contributed by atoms with van der Waals surface area (Å²) in [6.07, 6.45) is 2.59. The van der Waals surface area contributed by atoms with Crippen molar-refractivity contribution in [3.63, 3.8) is 0 Å². The molecule has 5 heteroatoms. The molecule has 0 spiro atoms. The summed E-state index contributed by atoms with van der Waals surface area (Å²) in [5, 5.41) is 0.595. The standard InChI is InChI=1S/C13H11ClN2O2/c1-18-13-7-12(15-8-16-13)11-6-10(14)3-2-9(11)4-5-17/h2-3,5-8H,4H2,1H3. The third kappa shape index (κ3) is 2.65. The number of nitrogens with zero attached hydrogens (tertiary/aromatic N) is 2. The Morgan fingerprint density at radius 1 is 1.33 bits per heavy atom. The van der Waals surface area contributed by atoms with Gasteiger partial charge in [0.05, 0.1) is 12.8 Å². The van der Waals surface area contributed by atoms with Gasteiger partial charge in [-0.3, -0.25) is 0 Å². The van der Waals surface area contributed by atoms with E-state index in [-0.39, 0.29) is 0 Å². The molecule has 0 radical (unpaired) electrons. The lowest BCUT2D eigenvalue weighted by Crippen LogP contribution is -1.95. The van der Waals surface area contributed by atoms with Crippen LogP contribution >= 0.6 is 11.6 Å². The molecule has 4 nitrogen and oxygen atoms in total. The zero-order valence-electron chi connectivity index (χ0n) is 9.76. The molecule has 0 amide bonds. The number of rotatable bonds is 4. The first-order valence-electron chi connectivity index (χ1n) is 5.33. The zero-order chi connectivity index (χ0) is 13.0. The van der Waals surface area contributed by atoms with Crippen LogP contribution in [0.3, 0.4) is 0 Å². The molecule has 92 valence electrons. The van der Waals surface area contributed by atoms with Gasteiger partial charge < -0.3 is 9.53 Å². The van der Waals surface area contributed by atoms with E-state index in [2.05, 4.69) is 9.97 Å². The van der Waals surface area contributed by atoms with Crippen LogP contribution in [0.1, 0.15) is 5.56 Å². The van der Waals surface area contributed by atoms with E-state index in [1.54, 1.807) is 18.2 Å². The predicted octanol–water partition coefficient (Wildman–Crippen LogP) is 2.55. The number of halogens is 1. The van der Waals surface area contributed by atoms with Crippen LogP contribution in [0.2, 0.25) is 5.02 Å². The van der Waals surface area contributed by atoms with Gasteiger partial charge in [-0.1, -0.05) is 17.7 Å². The second kappa shape index (κ2) is 5.60. The minimum Gasteiger partial charge on any atom is -0.481 e. The van der Waals surface area contributed by atoms with Crippen molar-refractivity contribution in [2.45, 2.75) is 6.42 Å². The van der Waals surface area contributed by atoms with E-state index in [1.165, 1.54) is 13.4 Å². The van der Waals surface area contributed by atoms with Crippen LogP contribution in [0, 0.1) is 0 Å². The number of aromatic nitrogens is 2. The Kier molecular flexibility index (Phi) is 3.89. The first-order valence-corrected chi connectivity index (χ1v) is 5.71. The molecule has 1 aromatic carbocycles. The first kappa shape index (κ1) is 12.5. The lowest BCUT2D eigenvalue weighted by atomic mass is 10.0. The number of benzene rings is 1. The maximum atomic E-state index is 10.7. The maximum absolute atomic E-state index is 10.7. The molecule has 0 bridgehead atoms. The average molecular weight is 263 g/mol. The molecular formula is C13H11ClN2O2. The number of methoxy groups -OCH3 is 1. The van der Waals surface area contributed by atoms with Gasteiger partial charge in [0.15, 0.2) is 0 Å². The second-order valence-electron chi connectivity index (χ2n) is 3.62. The van der Waals surface area contributed by atoms with Gasteiger partial charge >= 0.3 is 0 Å². The number of ether oxygens (including phenoxy) is 1. The van der Waals surface area contributed by atoms with E-state index < -0.39 is 0 Å². The van der Waals surface area contributed by atoms with Gasteiger partial charge in [-0.15, -0.1) is 0 Å². The molecule has 0 atom stereocenters. The molecule has 0 aliphatic rings. The van der Waals surface area contributed by atoms with E-state index in [0.717, 1.165) is 17.4 Å². The summed E-state index contributed by atoms with van der Waals surface area (Å²) < 4.78 is 5.05. The van der Waals surface area contributed by atoms with Gasteiger partial charge in [-0.25, -0.2) is 9.97 Å². The summed E-state index contributed by atoms with van der Waals surface area (Å²) in [4.78, 5) is 18.8. The van der Waals surface area contributed by atoms with Gasteiger partial charge in [0.2, 0.25) is 5.88 Å². The van der Waals surface area contributed by atoms with Gasteiger partial charge in [0.1, 0.15) is 12.6 Å². The summed E-state index contributed by atoms with van der Waals surface area (Å²) in [6, 6.07) is 7.06. The highest BCUT2D eigenvalue weighted by Crippen LogP contribution is 2.27. The number of carbonyl (C=O) groups is 1. The topological polar surface area (TPSA) is 52.1 Å². The average Bonchev–Trinajstić information content (AvgIpc) is 2.41. The van der Waals surface area contributed by atoms with Crippen molar-refractivity contribution in [3.05, 3.63) is 41.2 Å². The summed E-state index contributed by atoms with van der Waals surface area (Å²) in [5.74, 6) is 0.469. The first-order chi connectivity index (χ1) is 8.74. The minimum absolute atomic E-state index is 0.318. The van der Waals surface area contributed by atoms with Gasteiger partial charge in [0.25, 0.3) is 0 Å². The van der Waals surface area contributed by atoms with E-state index in [9.17, 15) is 4.79 Å². The van der Waals surface area contributed by atoms with Gasteiger partial charge in [-0.2, -0.15) is 0 Å². The van der Waals surface area contributed by atoms with Crippen LogP contribution in [0.4, 0.5) is 0 Å². The van der Waals surface area contributed by atoms with Crippen molar-refractivity contribution < 1.29 is 9.53 Å². The highest BCUT2D eigenvalue weighted by Gasteiger charge is 2.08. The number of aldehydes is 1. The predicted molar refractivity (Wildman–Crippen MR) is 68.8 cm³/mol. The van der Waals surface area contributed by atoms with Crippen LogP contribution in [-0.2, 0) is 11.2 Å². The van der Waals surface area contributed by atoms with E-state index in [4.69, 9.17) is 16.3 Å². The van der Waals surface area contributed by atoms with Crippen LogP contribution in [0.15, 0.2) is 30.6 Å². The molecule has 18 heavy (non-hydrogen) atoms. The number of carbonyl (C=O) groups excluding carboxylic acids is 1. The fourth-order valence-electron chi connectivity index (χ4n) is 1.65. The molecular weight excluding hydrogens is 252 g/mol. The summed E-state index contributed by atoms with van der Waals surface area (Å²) in [7, 11) is 1.54. The van der Waals surface area contributed by atoms with Crippen molar-refractivity contribution >= 4 is 17.9 Å². The normalized spacial score (nSPS) is 10.1. The van der Waals surface area contributed by atoms with Crippen LogP contribution < -0.4 is 4.74 Å². The SMILES string of the molecule is COc1cc(-c2cc(Cl)ccc2CC=O)ncn1. The van der Waals surface area contributed by atoms with E-state index >= 15 is 0 Å².